The minimum atomic E-state index is -1.78. The highest BCUT2D eigenvalue weighted by Gasteiger charge is 2.35. The highest BCUT2D eigenvalue weighted by atomic mass is 16.4. The van der Waals surface area contributed by atoms with Gasteiger partial charge < -0.3 is 81.4 Å². The number of primary amides is 1. The monoisotopic (exact) mass is 971 g/mol. The van der Waals surface area contributed by atoms with E-state index >= 15 is 0 Å². The Morgan fingerprint density at radius 2 is 1.06 bits per heavy atom. The number of unbranched alkanes of at least 4 members (excludes halogenated alkanes) is 1. The number of aliphatic imine (C=N–C) groups is 1. The first kappa shape index (κ1) is 61.4. The maximum Gasteiger partial charge on any atom is 0.326 e. The molecule has 0 saturated heterocycles. The maximum absolute atomic E-state index is 13.9. The van der Waals surface area contributed by atoms with E-state index < -0.39 is 139 Å². The zero-order chi connectivity index (χ0) is 52.4. The van der Waals surface area contributed by atoms with Gasteiger partial charge in [-0.3, -0.25) is 52.9 Å². The standard InChI is InChI=1S/C41H74N14O13/c1-19(2)15-27(40(67)68)50-29(57)18-48-34(61)26(17-30(58)59)54-35(62)23(11-8-9-13-42)52-39(66)32(21(5)6)55-37(64)25(16-28(43)56)53-36(63)24(12-10-14-47-41(45)46)51-33(60)22(7)49-38(65)31(44)20(3)4/h19-27,31-32H,8-18,42,44H2,1-7H3,(H2,43,56)(H,48,61)(H,49,65)(H,50,57)(H,51,60)(H,52,66)(H,53,63)(H,54,62)(H,55,64)(H,58,59)(H,67,68)(H4,45,46,47)/t22-,23-,24-,25-,26-,27-,31-,32-/m0/s1. The molecule has 68 heavy (non-hydrogen) atoms. The lowest BCUT2D eigenvalue weighted by Gasteiger charge is -2.28. The fourth-order valence-corrected chi connectivity index (χ4v) is 6.13. The molecular weight excluding hydrogens is 897 g/mol. The Hall–Kier alpha value is -6.64. The number of carbonyl (C=O) groups excluding carboxylic acids is 9. The Labute approximate surface area is 395 Å². The molecule has 0 unspecified atom stereocenters. The van der Waals surface area contributed by atoms with Crippen LogP contribution < -0.4 is 71.2 Å². The molecule has 0 bridgehead atoms. The first-order valence-corrected chi connectivity index (χ1v) is 22.2. The van der Waals surface area contributed by atoms with E-state index in [1.54, 1.807) is 27.7 Å². The maximum atomic E-state index is 13.9. The van der Waals surface area contributed by atoms with Crippen LogP contribution in [0, 0.1) is 17.8 Å². The largest absolute Gasteiger partial charge is 0.481 e. The molecule has 0 aromatic heterocycles. The topological polar surface area (TPSA) is 467 Å². The predicted octanol–water partition coefficient (Wildman–Crippen LogP) is -5.18. The van der Waals surface area contributed by atoms with Crippen molar-refractivity contribution < 1.29 is 63.0 Å². The molecule has 0 aliphatic heterocycles. The lowest BCUT2D eigenvalue weighted by atomic mass is 10.0. The van der Waals surface area contributed by atoms with Gasteiger partial charge in [0.1, 0.15) is 42.3 Å². The van der Waals surface area contributed by atoms with E-state index in [4.69, 9.17) is 28.7 Å². The van der Waals surface area contributed by atoms with E-state index in [9.17, 15) is 63.0 Å². The summed E-state index contributed by atoms with van der Waals surface area (Å²) in [6.07, 6.45) is -1.11. The van der Waals surface area contributed by atoms with E-state index in [1.165, 1.54) is 20.8 Å². The smallest absolute Gasteiger partial charge is 0.326 e. The van der Waals surface area contributed by atoms with Crippen LogP contribution in [0.15, 0.2) is 4.99 Å². The molecule has 0 heterocycles. The Morgan fingerprint density at radius 1 is 0.544 bits per heavy atom. The van der Waals surface area contributed by atoms with E-state index in [0.717, 1.165) is 0 Å². The van der Waals surface area contributed by atoms with Crippen LogP contribution >= 0.6 is 0 Å². The number of carbonyl (C=O) groups is 11. The van der Waals surface area contributed by atoms with Gasteiger partial charge >= 0.3 is 11.9 Å². The number of rotatable bonds is 33. The Bertz CT molecular complexity index is 1790. The number of nitrogens with one attached hydrogen (secondary N) is 8. The molecule has 0 aromatic rings. The molecule has 0 saturated carbocycles. The number of carboxylic acids is 2. The minimum Gasteiger partial charge on any atom is -0.481 e. The van der Waals surface area contributed by atoms with Crippen molar-refractivity contribution in [2.75, 3.05) is 19.6 Å². The lowest BCUT2D eigenvalue weighted by Crippen LogP contribution is -2.61. The minimum absolute atomic E-state index is 0.0283. The molecule has 0 aromatic carbocycles. The molecule has 0 radical (unpaired) electrons. The summed E-state index contributed by atoms with van der Waals surface area (Å²) in [4.78, 5) is 146. The molecule has 386 valence electrons. The number of guanidine groups is 1. The van der Waals surface area contributed by atoms with Gasteiger partial charge in [-0.25, -0.2) is 4.79 Å². The first-order chi connectivity index (χ1) is 31.6. The lowest BCUT2D eigenvalue weighted by molar-refractivity contribution is -0.143. The average molecular weight is 971 g/mol. The molecule has 20 N–H and O–H groups in total. The molecule has 27 heteroatoms. The van der Waals surface area contributed by atoms with Crippen molar-refractivity contribution in [1.29, 1.82) is 0 Å². The number of nitrogens with two attached hydrogens (primary N) is 5. The first-order valence-electron chi connectivity index (χ1n) is 22.2. The van der Waals surface area contributed by atoms with Crippen molar-refractivity contribution in [3.05, 3.63) is 0 Å². The van der Waals surface area contributed by atoms with Crippen LogP contribution in [0.25, 0.3) is 0 Å². The van der Waals surface area contributed by atoms with Crippen LogP contribution in [0.3, 0.4) is 0 Å². The summed E-state index contributed by atoms with van der Waals surface area (Å²) in [7, 11) is 0. The number of carboxylic acid groups (broad SMARTS) is 2. The van der Waals surface area contributed by atoms with Crippen molar-refractivity contribution >= 4 is 71.1 Å². The Morgan fingerprint density at radius 3 is 1.53 bits per heavy atom. The van der Waals surface area contributed by atoms with Crippen LogP contribution in [0.5, 0.6) is 0 Å². The summed E-state index contributed by atoms with van der Waals surface area (Å²) in [5, 5.41) is 37.9. The number of amides is 9. The van der Waals surface area contributed by atoms with Crippen LogP contribution in [-0.2, 0) is 52.7 Å². The van der Waals surface area contributed by atoms with E-state index in [0.29, 0.717) is 6.42 Å². The summed E-state index contributed by atoms with van der Waals surface area (Å²) in [5.74, 6) is -12.7. The molecule has 0 aliphatic carbocycles. The van der Waals surface area contributed by atoms with Crippen LogP contribution in [0.1, 0.15) is 99.8 Å². The van der Waals surface area contributed by atoms with E-state index in [1.807, 2.05) is 0 Å². The summed E-state index contributed by atoms with van der Waals surface area (Å²) < 4.78 is 0. The third-order valence-electron chi connectivity index (χ3n) is 9.99. The normalized spacial score (nSPS) is 14.6. The van der Waals surface area contributed by atoms with Gasteiger partial charge in [0.15, 0.2) is 5.96 Å². The van der Waals surface area contributed by atoms with Gasteiger partial charge in [0.05, 0.1) is 25.4 Å². The predicted molar refractivity (Wildman–Crippen MR) is 246 cm³/mol. The molecule has 0 spiro atoms. The third kappa shape index (κ3) is 24.8. The Kier molecular flexibility index (Phi) is 28.3. The Balaban J connectivity index is 6.40. The number of hydrogen-bond donors (Lipinski definition) is 15. The molecular formula is C41H74N14O13. The second-order valence-electron chi connectivity index (χ2n) is 17.3. The molecule has 8 atom stereocenters. The van der Waals surface area contributed by atoms with Crippen molar-refractivity contribution in [3.8, 4) is 0 Å². The fraction of sp³-hybridized carbons (Fsp3) is 0.707. The average Bonchev–Trinajstić information content (AvgIpc) is 3.23. The van der Waals surface area contributed by atoms with E-state index in [2.05, 4.69) is 47.5 Å². The van der Waals surface area contributed by atoms with Crippen molar-refractivity contribution in [2.24, 2.45) is 51.4 Å². The van der Waals surface area contributed by atoms with Gasteiger partial charge in [-0.15, -0.1) is 0 Å². The van der Waals surface area contributed by atoms with Gasteiger partial charge in [-0.1, -0.05) is 41.5 Å². The van der Waals surface area contributed by atoms with Gasteiger partial charge in [-0.05, 0) is 69.7 Å². The zero-order valence-electron chi connectivity index (χ0n) is 39.8. The summed E-state index contributed by atoms with van der Waals surface area (Å²) in [6.45, 7) is 10.7. The van der Waals surface area contributed by atoms with Crippen molar-refractivity contribution in [2.45, 2.75) is 148 Å². The molecule has 0 aliphatic rings. The van der Waals surface area contributed by atoms with E-state index in [-0.39, 0.29) is 63.0 Å². The molecule has 27 nitrogen and oxygen atoms in total. The quantitative estimate of drug-likeness (QED) is 0.0166. The van der Waals surface area contributed by atoms with Gasteiger partial charge in [0, 0.05) is 6.54 Å². The second-order valence-corrected chi connectivity index (χ2v) is 17.3. The van der Waals surface area contributed by atoms with Gasteiger partial charge in [-0.2, -0.15) is 0 Å². The van der Waals surface area contributed by atoms with Crippen molar-refractivity contribution in [3.63, 3.8) is 0 Å². The molecule has 0 fully saturated rings. The number of nitrogens with zero attached hydrogens (tertiary/aromatic N) is 1. The molecule has 0 rings (SSSR count). The number of hydrogen-bond acceptors (Lipinski definition) is 14. The zero-order valence-corrected chi connectivity index (χ0v) is 39.8. The van der Waals surface area contributed by atoms with Gasteiger partial charge in [0.2, 0.25) is 53.2 Å². The molecule has 9 amide bonds. The highest BCUT2D eigenvalue weighted by molar-refractivity contribution is 5.99. The van der Waals surface area contributed by atoms with Crippen LogP contribution in [-0.4, -0.2) is 149 Å². The fourth-order valence-electron chi connectivity index (χ4n) is 6.13. The summed E-state index contributed by atoms with van der Waals surface area (Å²) >= 11 is 0. The van der Waals surface area contributed by atoms with Gasteiger partial charge in [0.25, 0.3) is 0 Å². The third-order valence-corrected chi connectivity index (χ3v) is 9.99. The SMILES string of the molecule is CC(C)C[C@H](NC(=O)CNC(=O)[C@H](CC(=O)O)NC(=O)[C@H](CCCCN)NC(=O)[C@@H](NC(=O)[C@H](CC(N)=O)NC(=O)[C@H](CCCN=C(N)N)NC(=O)[C@H](C)NC(=O)[C@@H](N)C(C)C)C(C)C)C(=O)O. The summed E-state index contributed by atoms with van der Waals surface area (Å²) in [5.41, 5.74) is 27.7. The highest BCUT2D eigenvalue weighted by Crippen LogP contribution is 2.10. The number of aliphatic carboxylic acids is 2. The van der Waals surface area contributed by atoms with Crippen molar-refractivity contribution in [1.82, 2.24) is 42.5 Å². The second kappa shape index (κ2) is 31.4. The van der Waals surface area contributed by atoms with Crippen LogP contribution in [0.2, 0.25) is 0 Å². The van der Waals surface area contributed by atoms with Crippen LogP contribution in [0.4, 0.5) is 0 Å². The summed E-state index contributed by atoms with van der Waals surface area (Å²) in [6, 6.07) is -11.2.